The number of amides is 1. The molecule has 1 aliphatic carbocycles. The fraction of sp³-hybridized carbons (Fsp3) is 0.429. The highest BCUT2D eigenvalue weighted by atomic mass is 35.5. The summed E-state index contributed by atoms with van der Waals surface area (Å²) in [5.41, 5.74) is 1.79. The third-order valence-electron chi connectivity index (χ3n) is 5.33. The van der Waals surface area contributed by atoms with Crippen LogP contribution in [0.15, 0.2) is 42.6 Å². The third-order valence-corrected chi connectivity index (χ3v) is 5.58. The van der Waals surface area contributed by atoms with Gasteiger partial charge in [-0.1, -0.05) is 11.6 Å². The quantitative estimate of drug-likeness (QED) is 0.797. The minimum Gasteiger partial charge on any atom is -0.474 e. The Morgan fingerprint density at radius 2 is 1.74 bits per heavy atom. The molecule has 6 heteroatoms. The van der Waals surface area contributed by atoms with Crippen LogP contribution in [0.4, 0.5) is 5.69 Å². The second-order valence-corrected chi connectivity index (χ2v) is 7.60. The van der Waals surface area contributed by atoms with Gasteiger partial charge in [0.25, 0.3) is 5.91 Å². The lowest BCUT2D eigenvalue weighted by atomic mass is 10.2. The van der Waals surface area contributed by atoms with Crippen molar-refractivity contribution in [1.29, 1.82) is 0 Å². The molecule has 1 saturated heterocycles. The number of ether oxygens (including phenoxy) is 1. The summed E-state index contributed by atoms with van der Waals surface area (Å²) in [5.74, 6) is 0.608. The molecule has 2 aromatic rings. The smallest absolute Gasteiger partial charge is 0.254 e. The van der Waals surface area contributed by atoms with Crippen molar-refractivity contribution in [2.75, 3.05) is 31.1 Å². The average molecular weight is 386 g/mol. The van der Waals surface area contributed by atoms with Crippen LogP contribution in [-0.2, 0) is 0 Å². The third kappa shape index (κ3) is 4.35. The van der Waals surface area contributed by atoms with Gasteiger partial charge >= 0.3 is 0 Å². The molecule has 142 valence electrons. The van der Waals surface area contributed by atoms with Crippen LogP contribution in [0.5, 0.6) is 5.88 Å². The summed E-state index contributed by atoms with van der Waals surface area (Å²) < 4.78 is 5.94. The maximum Gasteiger partial charge on any atom is 0.254 e. The largest absolute Gasteiger partial charge is 0.474 e. The number of pyridine rings is 1. The van der Waals surface area contributed by atoms with Crippen molar-refractivity contribution in [2.24, 2.45) is 0 Å². The molecule has 0 radical (unpaired) electrons. The molecule has 2 heterocycles. The zero-order valence-electron chi connectivity index (χ0n) is 15.3. The number of nitrogens with zero attached hydrogens (tertiary/aromatic N) is 3. The van der Waals surface area contributed by atoms with Gasteiger partial charge < -0.3 is 14.5 Å². The Morgan fingerprint density at radius 1 is 1.04 bits per heavy atom. The van der Waals surface area contributed by atoms with Crippen molar-refractivity contribution < 1.29 is 9.53 Å². The maximum absolute atomic E-state index is 12.9. The molecular formula is C21H24ClN3O2. The van der Waals surface area contributed by atoms with E-state index in [1.165, 1.54) is 12.8 Å². The summed E-state index contributed by atoms with van der Waals surface area (Å²) in [6.45, 7) is 3.01. The number of anilines is 1. The molecule has 1 amide bonds. The Labute approximate surface area is 164 Å². The number of aromatic nitrogens is 1. The Bertz CT molecular complexity index is 782. The van der Waals surface area contributed by atoms with Gasteiger partial charge in [-0.05, 0) is 56.0 Å². The van der Waals surface area contributed by atoms with Crippen molar-refractivity contribution in [3.8, 4) is 5.88 Å². The van der Waals surface area contributed by atoms with Crippen molar-refractivity contribution >= 4 is 23.2 Å². The zero-order valence-corrected chi connectivity index (χ0v) is 16.1. The standard InChI is InChI=1S/C21H24ClN3O2/c22-17-5-7-18(8-6-17)24-11-13-25(14-12-24)21(26)16-9-10-23-20(15-16)27-19-3-1-2-4-19/h5-10,15,19H,1-4,11-14H2. The summed E-state index contributed by atoms with van der Waals surface area (Å²) in [7, 11) is 0. The van der Waals surface area contributed by atoms with E-state index in [0.717, 1.165) is 36.6 Å². The van der Waals surface area contributed by atoms with Gasteiger partial charge in [-0.3, -0.25) is 4.79 Å². The van der Waals surface area contributed by atoms with E-state index in [0.29, 0.717) is 24.5 Å². The Balaban J connectivity index is 1.36. The lowest BCUT2D eigenvalue weighted by molar-refractivity contribution is 0.0745. The Morgan fingerprint density at radius 3 is 2.44 bits per heavy atom. The van der Waals surface area contributed by atoms with Crippen molar-refractivity contribution in [3.05, 3.63) is 53.2 Å². The molecule has 0 unspecified atom stereocenters. The lowest BCUT2D eigenvalue weighted by Gasteiger charge is -2.36. The van der Waals surface area contributed by atoms with E-state index in [9.17, 15) is 4.79 Å². The number of halogens is 1. The molecule has 1 saturated carbocycles. The van der Waals surface area contributed by atoms with Gasteiger partial charge in [0.15, 0.2) is 0 Å². The first-order chi connectivity index (χ1) is 13.2. The molecule has 4 rings (SSSR count). The van der Waals surface area contributed by atoms with E-state index < -0.39 is 0 Å². The first-order valence-electron chi connectivity index (χ1n) is 9.61. The van der Waals surface area contributed by atoms with Crippen LogP contribution in [-0.4, -0.2) is 48.1 Å². The first kappa shape index (κ1) is 18.1. The van der Waals surface area contributed by atoms with Gasteiger partial charge in [-0.15, -0.1) is 0 Å². The van der Waals surface area contributed by atoms with E-state index in [1.807, 2.05) is 29.2 Å². The molecule has 1 aromatic carbocycles. The molecule has 0 bridgehead atoms. The molecule has 5 nitrogen and oxygen atoms in total. The van der Waals surface area contributed by atoms with E-state index in [1.54, 1.807) is 18.3 Å². The summed E-state index contributed by atoms with van der Waals surface area (Å²) in [5, 5.41) is 0.737. The number of hydrogen-bond acceptors (Lipinski definition) is 4. The van der Waals surface area contributed by atoms with E-state index >= 15 is 0 Å². The molecule has 0 atom stereocenters. The fourth-order valence-corrected chi connectivity index (χ4v) is 3.91. The predicted octanol–water partition coefficient (Wildman–Crippen LogP) is 4.02. The number of piperazine rings is 1. The van der Waals surface area contributed by atoms with Gasteiger partial charge in [-0.25, -0.2) is 4.98 Å². The molecule has 2 aliphatic rings. The van der Waals surface area contributed by atoms with Crippen LogP contribution in [0.2, 0.25) is 5.02 Å². The molecular weight excluding hydrogens is 362 g/mol. The van der Waals surface area contributed by atoms with E-state index in [-0.39, 0.29) is 12.0 Å². The predicted molar refractivity (Wildman–Crippen MR) is 107 cm³/mol. The van der Waals surface area contributed by atoms with E-state index in [4.69, 9.17) is 16.3 Å². The summed E-state index contributed by atoms with van der Waals surface area (Å²) >= 11 is 5.96. The van der Waals surface area contributed by atoms with Crippen LogP contribution in [0, 0.1) is 0 Å². The maximum atomic E-state index is 12.9. The van der Waals surface area contributed by atoms with Crippen molar-refractivity contribution in [2.45, 2.75) is 31.8 Å². The van der Waals surface area contributed by atoms with Gasteiger partial charge in [0.05, 0.1) is 0 Å². The minimum atomic E-state index is 0.0458. The van der Waals surface area contributed by atoms with Crippen molar-refractivity contribution in [1.82, 2.24) is 9.88 Å². The van der Waals surface area contributed by atoms with Crippen LogP contribution in [0.1, 0.15) is 36.0 Å². The van der Waals surface area contributed by atoms with Gasteiger partial charge in [0, 0.05) is 54.7 Å². The lowest BCUT2D eigenvalue weighted by Crippen LogP contribution is -2.48. The van der Waals surface area contributed by atoms with Crippen LogP contribution >= 0.6 is 11.6 Å². The number of carbonyl (C=O) groups is 1. The topological polar surface area (TPSA) is 45.7 Å². The second-order valence-electron chi connectivity index (χ2n) is 7.16. The minimum absolute atomic E-state index is 0.0458. The summed E-state index contributed by atoms with van der Waals surface area (Å²) in [6, 6.07) is 11.4. The normalized spacial score (nSPS) is 18.0. The molecule has 0 N–H and O–H groups in total. The number of benzene rings is 1. The Hall–Kier alpha value is -2.27. The monoisotopic (exact) mass is 385 g/mol. The fourth-order valence-electron chi connectivity index (χ4n) is 3.79. The van der Waals surface area contributed by atoms with Crippen LogP contribution in [0.3, 0.4) is 0 Å². The second kappa shape index (κ2) is 8.17. The number of carbonyl (C=O) groups excluding carboxylic acids is 1. The molecule has 2 fully saturated rings. The van der Waals surface area contributed by atoms with Gasteiger partial charge in [0.2, 0.25) is 5.88 Å². The number of rotatable bonds is 4. The number of hydrogen-bond donors (Lipinski definition) is 0. The van der Waals surface area contributed by atoms with Gasteiger partial charge in [-0.2, -0.15) is 0 Å². The SMILES string of the molecule is O=C(c1ccnc(OC2CCCC2)c1)N1CCN(c2ccc(Cl)cc2)CC1. The highest BCUT2D eigenvalue weighted by Gasteiger charge is 2.23. The summed E-state index contributed by atoms with van der Waals surface area (Å²) in [6.07, 6.45) is 6.48. The van der Waals surface area contributed by atoms with Crippen LogP contribution < -0.4 is 9.64 Å². The van der Waals surface area contributed by atoms with Crippen LogP contribution in [0.25, 0.3) is 0 Å². The molecule has 0 spiro atoms. The van der Waals surface area contributed by atoms with Gasteiger partial charge in [0.1, 0.15) is 6.10 Å². The van der Waals surface area contributed by atoms with E-state index in [2.05, 4.69) is 9.88 Å². The average Bonchev–Trinajstić information content (AvgIpc) is 3.21. The highest BCUT2D eigenvalue weighted by molar-refractivity contribution is 6.30. The first-order valence-corrected chi connectivity index (χ1v) is 9.99. The molecule has 1 aromatic heterocycles. The summed E-state index contributed by atoms with van der Waals surface area (Å²) in [4.78, 5) is 21.3. The molecule has 1 aliphatic heterocycles. The zero-order chi connectivity index (χ0) is 18.6. The Kier molecular flexibility index (Phi) is 5.48. The highest BCUT2D eigenvalue weighted by Crippen LogP contribution is 2.24. The van der Waals surface area contributed by atoms with Crippen molar-refractivity contribution in [3.63, 3.8) is 0 Å². The molecule has 27 heavy (non-hydrogen) atoms.